The molecule has 0 atom stereocenters. The first-order chi connectivity index (χ1) is 12.5. The van der Waals surface area contributed by atoms with Gasteiger partial charge < -0.3 is 9.64 Å². The topological polar surface area (TPSA) is 83.0 Å². The molecule has 2 aliphatic rings. The molecule has 0 N–H and O–H groups in total. The molecule has 0 bridgehead atoms. The van der Waals surface area contributed by atoms with Crippen LogP contribution in [0.4, 0.5) is 0 Å². The molecule has 0 aliphatic carbocycles. The number of ether oxygens (including phenoxy) is 1. The van der Waals surface area contributed by atoms with Gasteiger partial charge in [-0.15, -0.1) is 0 Å². The number of carbonyl (C=O) groups is 1. The fourth-order valence-electron chi connectivity index (χ4n) is 3.40. The van der Waals surface area contributed by atoms with Crippen molar-refractivity contribution in [1.29, 1.82) is 0 Å². The molecule has 1 aromatic heterocycles. The van der Waals surface area contributed by atoms with Crippen molar-refractivity contribution in [2.24, 2.45) is 0 Å². The third-order valence-electron chi connectivity index (χ3n) is 4.90. The number of rotatable bonds is 4. The first kappa shape index (κ1) is 19.1. The van der Waals surface area contributed by atoms with E-state index in [1.807, 2.05) is 0 Å². The number of nitrogens with zero attached hydrogens (tertiary/aromatic N) is 4. The third kappa shape index (κ3) is 4.16. The van der Waals surface area contributed by atoms with Gasteiger partial charge >= 0.3 is 0 Å². The van der Waals surface area contributed by atoms with Gasteiger partial charge in [0.05, 0.1) is 12.7 Å². The summed E-state index contributed by atoms with van der Waals surface area (Å²) in [7, 11) is -1.91. The molecule has 3 heterocycles. The lowest BCUT2D eigenvalue weighted by molar-refractivity contribution is 0.0763. The highest BCUT2D eigenvalue weighted by Gasteiger charge is 2.32. The lowest BCUT2D eigenvalue weighted by atomic mass is 10.2. The quantitative estimate of drug-likeness (QED) is 0.775. The molecule has 0 unspecified atom stereocenters. The van der Waals surface area contributed by atoms with Gasteiger partial charge in [-0.25, -0.2) is 4.98 Å². The van der Waals surface area contributed by atoms with Gasteiger partial charge in [-0.1, -0.05) is 6.42 Å². The minimum atomic E-state index is -3.43. The second-order valence-electron chi connectivity index (χ2n) is 6.60. The Morgan fingerprint density at radius 3 is 2.31 bits per heavy atom. The predicted octanol–water partition coefficient (Wildman–Crippen LogP) is 0.969. The molecule has 26 heavy (non-hydrogen) atoms. The monoisotopic (exact) mass is 382 g/mol. The van der Waals surface area contributed by atoms with Crippen molar-refractivity contribution in [1.82, 2.24) is 18.5 Å². The van der Waals surface area contributed by atoms with E-state index >= 15 is 0 Å². The summed E-state index contributed by atoms with van der Waals surface area (Å²) in [5.41, 5.74) is 0.484. The van der Waals surface area contributed by atoms with Crippen LogP contribution < -0.4 is 4.74 Å². The van der Waals surface area contributed by atoms with Crippen LogP contribution in [0, 0.1) is 0 Å². The summed E-state index contributed by atoms with van der Waals surface area (Å²) < 4.78 is 33.8. The van der Waals surface area contributed by atoms with E-state index in [2.05, 4.69) is 4.98 Å². The van der Waals surface area contributed by atoms with Crippen LogP contribution in [0.1, 0.15) is 36.0 Å². The number of hydrogen-bond acceptors (Lipinski definition) is 5. The Balaban J connectivity index is 1.64. The fraction of sp³-hybridized carbons (Fsp3) is 0.647. The Morgan fingerprint density at radius 2 is 1.65 bits per heavy atom. The van der Waals surface area contributed by atoms with Crippen LogP contribution in [0.2, 0.25) is 0 Å². The lowest BCUT2D eigenvalue weighted by Crippen LogP contribution is -2.47. The standard InChI is InChI=1S/C17H26N4O4S/c1-25-16-7-6-15(14-18-16)17(22)19-8-5-11-21(13-12-19)26(23,24)20-9-3-2-4-10-20/h6-7,14H,2-5,8-13H2,1H3. The maximum Gasteiger partial charge on any atom is 0.282 e. The molecule has 0 aromatic carbocycles. The highest BCUT2D eigenvalue weighted by Crippen LogP contribution is 2.19. The molecule has 0 saturated carbocycles. The number of amides is 1. The highest BCUT2D eigenvalue weighted by molar-refractivity contribution is 7.86. The number of methoxy groups -OCH3 is 1. The average Bonchev–Trinajstić information content (AvgIpc) is 2.95. The molecule has 0 radical (unpaired) electrons. The molecule has 2 aliphatic heterocycles. The maximum absolute atomic E-state index is 12.8. The van der Waals surface area contributed by atoms with E-state index in [-0.39, 0.29) is 5.91 Å². The third-order valence-corrected chi connectivity index (χ3v) is 6.94. The molecular formula is C17H26N4O4S. The van der Waals surface area contributed by atoms with Gasteiger partial charge in [-0.3, -0.25) is 4.79 Å². The van der Waals surface area contributed by atoms with Gasteiger partial charge in [-0.05, 0) is 25.3 Å². The Labute approximate surface area is 154 Å². The summed E-state index contributed by atoms with van der Waals surface area (Å²) >= 11 is 0. The number of aromatic nitrogens is 1. The molecule has 3 rings (SSSR count). The summed E-state index contributed by atoms with van der Waals surface area (Å²) in [4.78, 5) is 18.4. The summed E-state index contributed by atoms with van der Waals surface area (Å²) in [6.45, 7) is 2.89. The van der Waals surface area contributed by atoms with E-state index in [0.29, 0.717) is 57.1 Å². The van der Waals surface area contributed by atoms with Gasteiger partial charge in [0, 0.05) is 51.5 Å². The average molecular weight is 382 g/mol. The maximum atomic E-state index is 12.8. The molecule has 0 spiro atoms. The van der Waals surface area contributed by atoms with Crippen LogP contribution in [0.3, 0.4) is 0 Å². The predicted molar refractivity (Wildman–Crippen MR) is 97.2 cm³/mol. The minimum Gasteiger partial charge on any atom is -0.481 e. The molecule has 2 saturated heterocycles. The zero-order valence-electron chi connectivity index (χ0n) is 15.1. The molecular weight excluding hydrogens is 356 g/mol. The van der Waals surface area contributed by atoms with Crippen molar-refractivity contribution in [3.8, 4) is 5.88 Å². The Hall–Kier alpha value is -1.71. The van der Waals surface area contributed by atoms with E-state index in [9.17, 15) is 13.2 Å². The molecule has 144 valence electrons. The van der Waals surface area contributed by atoms with Crippen LogP contribution in [-0.2, 0) is 10.2 Å². The van der Waals surface area contributed by atoms with E-state index in [1.54, 1.807) is 21.3 Å². The Morgan fingerprint density at radius 1 is 0.962 bits per heavy atom. The van der Waals surface area contributed by atoms with Crippen LogP contribution in [-0.4, -0.2) is 79.2 Å². The van der Waals surface area contributed by atoms with E-state index < -0.39 is 10.2 Å². The van der Waals surface area contributed by atoms with E-state index in [0.717, 1.165) is 19.3 Å². The second-order valence-corrected chi connectivity index (χ2v) is 8.53. The molecule has 1 amide bonds. The van der Waals surface area contributed by atoms with E-state index in [1.165, 1.54) is 17.6 Å². The normalized spacial score (nSPS) is 20.6. The number of piperidine rings is 1. The SMILES string of the molecule is COc1ccc(C(=O)N2CCCN(S(=O)(=O)N3CCCCC3)CC2)cn1. The molecule has 8 nitrogen and oxygen atoms in total. The largest absolute Gasteiger partial charge is 0.481 e. The van der Waals surface area contributed by atoms with Crippen molar-refractivity contribution in [3.63, 3.8) is 0 Å². The molecule has 9 heteroatoms. The molecule has 2 fully saturated rings. The van der Waals surface area contributed by atoms with Crippen molar-refractivity contribution < 1.29 is 17.9 Å². The fourth-order valence-corrected chi connectivity index (χ4v) is 5.12. The van der Waals surface area contributed by atoms with Crippen LogP contribution in [0.15, 0.2) is 18.3 Å². The smallest absolute Gasteiger partial charge is 0.282 e. The Kier molecular flexibility index (Phi) is 6.10. The van der Waals surface area contributed by atoms with Crippen LogP contribution in [0.5, 0.6) is 5.88 Å². The zero-order valence-corrected chi connectivity index (χ0v) is 15.9. The van der Waals surface area contributed by atoms with Gasteiger partial charge in [0.25, 0.3) is 16.1 Å². The summed E-state index contributed by atoms with van der Waals surface area (Å²) in [6.07, 6.45) is 5.05. The van der Waals surface area contributed by atoms with Crippen LogP contribution in [0.25, 0.3) is 0 Å². The van der Waals surface area contributed by atoms with Crippen molar-refractivity contribution in [2.75, 3.05) is 46.4 Å². The number of hydrogen-bond donors (Lipinski definition) is 0. The minimum absolute atomic E-state index is 0.127. The van der Waals surface area contributed by atoms with Gasteiger partial charge in [0.2, 0.25) is 5.88 Å². The van der Waals surface area contributed by atoms with Crippen LogP contribution >= 0.6 is 0 Å². The number of pyridine rings is 1. The van der Waals surface area contributed by atoms with Crippen molar-refractivity contribution in [2.45, 2.75) is 25.7 Å². The summed E-state index contributed by atoms with van der Waals surface area (Å²) in [5, 5.41) is 0. The highest BCUT2D eigenvalue weighted by atomic mass is 32.2. The zero-order chi connectivity index (χ0) is 18.6. The first-order valence-corrected chi connectivity index (χ1v) is 10.5. The van der Waals surface area contributed by atoms with Crippen molar-refractivity contribution >= 4 is 16.1 Å². The van der Waals surface area contributed by atoms with Gasteiger partial charge in [-0.2, -0.15) is 17.0 Å². The van der Waals surface area contributed by atoms with Gasteiger partial charge in [0.15, 0.2) is 0 Å². The van der Waals surface area contributed by atoms with Gasteiger partial charge in [0.1, 0.15) is 0 Å². The first-order valence-electron chi connectivity index (χ1n) is 9.07. The second kappa shape index (κ2) is 8.32. The summed E-state index contributed by atoms with van der Waals surface area (Å²) in [5.74, 6) is 0.327. The molecule has 1 aromatic rings. The Bertz CT molecular complexity index is 717. The van der Waals surface area contributed by atoms with E-state index in [4.69, 9.17) is 4.74 Å². The lowest BCUT2D eigenvalue weighted by Gasteiger charge is -2.31. The summed E-state index contributed by atoms with van der Waals surface area (Å²) in [6, 6.07) is 3.33. The van der Waals surface area contributed by atoms with Crippen molar-refractivity contribution in [3.05, 3.63) is 23.9 Å². The number of carbonyl (C=O) groups excluding carboxylic acids is 1.